The number of hydrogen-bond acceptors (Lipinski definition) is 3. The van der Waals surface area contributed by atoms with Gasteiger partial charge in [-0.2, -0.15) is 0 Å². The maximum atomic E-state index is 13.3. The van der Waals surface area contributed by atoms with E-state index in [9.17, 15) is 21.6 Å². The molecule has 0 fully saturated rings. The van der Waals surface area contributed by atoms with Crippen molar-refractivity contribution in [3.8, 4) is 0 Å². The molecule has 0 saturated carbocycles. The Labute approximate surface area is 150 Å². The van der Waals surface area contributed by atoms with Gasteiger partial charge in [0.25, 0.3) is 6.43 Å². The molecule has 0 atom stereocenters. The fourth-order valence-corrected chi connectivity index (χ4v) is 2.60. The van der Waals surface area contributed by atoms with Crippen LogP contribution in [0.3, 0.4) is 0 Å². The van der Waals surface area contributed by atoms with Crippen LogP contribution < -0.4 is 10.6 Å². The number of nitrogens with zero attached hydrogens (tertiary/aromatic N) is 1. The molecule has 0 aliphatic carbocycles. The molecule has 0 heterocycles. The Morgan fingerprint density at radius 1 is 1.26 bits per heavy atom. The number of halogens is 4. The molecule has 23 heavy (non-hydrogen) atoms. The number of alkyl halides is 2. The van der Waals surface area contributed by atoms with Crippen molar-refractivity contribution in [1.82, 2.24) is 10.6 Å². The fourth-order valence-electron chi connectivity index (χ4n) is 1.76. The van der Waals surface area contributed by atoms with Gasteiger partial charge < -0.3 is 10.6 Å². The second-order valence-electron chi connectivity index (χ2n) is 4.68. The summed E-state index contributed by atoms with van der Waals surface area (Å²) in [5.74, 6) is -0.618. The molecule has 5 nitrogen and oxygen atoms in total. The summed E-state index contributed by atoms with van der Waals surface area (Å²) in [4.78, 5) is 3.75. The summed E-state index contributed by atoms with van der Waals surface area (Å²) in [6.07, 6.45) is -1.45. The first-order valence-electron chi connectivity index (χ1n) is 6.39. The number of benzene rings is 1. The highest BCUT2D eigenvalue weighted by molar-refractivity contribution is 14.0. The Bertz CT molecular complexity index is 639. The van der Waals surface area contributed by atoms with Gasteiger partial charge in [-0.25, -0.2) is 21.6 Å². The highest BCUT2D eigenvalue weighted by Crippen LogP contribution is 2.14. The Hall–Kier alpha value is -1.04. The minimum atomic E-state index is -3.27. The van der Waals surface area contributed by atoms with E-state index in [1.54, 1.807) is 0 Å². The lowest BCUT2D eigenvalue weighted by atomic mass is 10.1. The third-order valence-electron chi connectivity index (χ3n) is 2.68. The van der Waals surface area contributed by atoms with Crippen molar-refractivity contribution in [2.75, 3.05) is 19.8 Å². The summed E-state index contributed by atoms with van der Waals surface area (Å²) >= 11 is 0. The average Bonchev–Trinajstić information content (AvgIpc) is 2.40. The first-order chi connectivity index (χ1) is 10.2. The Kier molecular flexibility index (Phi) is 9.51. The number of rotatable bonds is 6. The lowest BCUT2D eigenvalue weighted by Crippen LogP contribution is -2.39. The predicted octanol–water partition coefficient (Wildman–Crippen LogP) is 1.92. The number of hydrogen-bond donors (Lipinski definition) is 2. The average molecular weight is 465 g/mol. The molecular weight excluding hydrogens is 446 g/mol. The minimum Gasteiger partial charge on any atom is -0.352 e. The SMILES string of the molecule is CN=C(NCc1cc(F)ccc1CS(C)(=O)=O)NCC(F)F.I. The number of sulfone groups is 1. The number of nitrogens with one attached hydrogen (secondary N) is 2. The van der Waals surface area contributed by atoms with Crippen LogP contribution in [0.4, 0.5) is 13.2 Å². The van der Waals surface area contributed by atoms with Gasteiger partial charge in [-0.1, -0.05) is 6.07 Å². The van der Waals surface area contributed by atoms with Crippen LogP contribution in [0.5, 0.6) is 0 Å². The molecule has 0 amide bonds. The van der Waals surface area contributed by atoms with E-state index in [1.807, 2.05) is 0 Å². The highest BCUT2D eigenvalue weighted by Gasteiger charge is 2.11. The third kappa shape index (κ3) is 8.98. The zero-order valence-corrected chi connectivity index (χ0v) is 15.8. The third-order valence-corrected chi connectivity index (χ3v) is 3.52. The first kappa shape index (κ1) is 22.0. The van der Waals surface area contributed by atoms with E-state index in [0.29, 0.717) is 11.1 Å². The van der Waals surface area contributed by atoms with Crippen LogP contribution in [-0.2, 0) is 22.1 Å². The van der Waals surface area contributed by atoms with Crippen molar-refractivity contribution in [2.24, 2.45) is 4.99 Å². The zero-order chi connectivity index (χ0) is 16.8. The van der Waals surface area contributed by atoms with Gasteiger partial charge in [0.1, 0.15) is 5.82 Å². The predicted molar refractivity (Wildman–Crippen MR) is 94.6 cm³/mol. The maximum Gasteiger partial charge on any atom is 0.255 e. The monoisotopic (exact) mass is 465 g/mol. The second-order valence-corrected chi connectivity index (χ2v) is 6.82. The summed E-state index contributed by atoms with van der Waals surface area (Å²) in [5.41, 5.74) is 0.867. The van der Waals surface area contributed by atoms with Gasteiger partial charge in [0.15, 0.2) is 15.8 Å². The maximum absolute atomic E-state index is 13.3. The fraction of sp³-hybridized carbons (Fsp3) is 0.462. The molecular formula is C13H19F3IN3O2S. The number of guanidine groups is 1. The van der Waals surface area contributed by atoms with E-state index in [1.165, 1.54) is 25.2 Å². The van der Waals surface area contributed by atoms with Crippen LogP contribution in [0.15, 0.2) is 23.2 Å². The summed E-state index contributed by atoms with van der Waals surface area (Å²) in [5, 5.41) is 5.14. The van der Waals surface area contributed by atoms with Crippen molar-refractivity contribution >= 4 is 39.8 Å². The molecule has 0 spiro atoms. The van der Waals surface area contributed by atoms with Crippen molar-refractivity contribution in [3.63, 3.8) is 0 Å². The number of aliphatic imine (C=N–C) groups is 1. The van der Waals surface area contributed by atoms with Crippen LogP contribution in [0.2, 0.25) is 0 Å². The molecule has 0 unspecified atom stereocenters. The standard InChI is InChI=1S/C13H18F3N3O2S.HI/c1-17-13(19-7-12(15)16)18-6-10-5-11(14)4-3-9(10)8-22(2,20)21;/h3-5,12H,6-8H2,1-2H3,(H2,17,18,19);1H. The summed E-state index contributed by atoms with van der Waals surface area (Å²) in [6, 6.07) is 3.77. The van der Waals surface area contributed by atoms with Gasteiger partial charge in [0.2, 0.25) is 0 Å². The van der Waals surface area contributed by atoms with Crippen LogP contribution in [0.25, 0.3) is 0 Å². The smallest absolute Gasteiger partial charge is 0.255 e. The molecule has 1 aromatic carbocycles. The molecule has 2 N–H and O–H groups in total. The molecule has 0 radical (unpaired) electrons. The van der Waals surface area contributed by atoms with Crippen molar-refractivity contribution in [2.45, 2.75) is 18.7 Å². The molecule has 0 aromatic heterocycles. The Balaban J connectivity index is 0.00000484. The summed E-state index contributed by atoms with van der Waals surface area (Å²) < 4.78 is 60.3. The van der Waals surface area contributed by atoms with Crippen LogP contribution in [0, 0.1) is 5.82 Å². The largest absolute Gasteiger partial charge is 0.352 e. The molecule has 10 heteroatoms. The normalized spacial score (nSPS) is 12.0. The van der Waals surface area contributed by atoms with Gasteiger partial charge in [-0.15, -0.1) is 24.0 Å². The zero-order valence-electron chi connectivity index (χ0n) is 12.6. The molecule has 132 valence electrons. The van der Waals surface area contributed by atoms with Gasteiger partial charge in [-0.05, 0) is 23.3 Å². The molecule has 0 aliphatic heterocycles. The molecule has 0 saturated heterocycles. The van der Waals surface area contributed by atoms with E-state index in [4.69, 9.17) is 0 Å². The summed E-state index contributed by atoms with van der Waals surface area (Å²) in [6.45, 7) is -0.509. The lowest BCUT2D eigenvalue weighted by Gasteiger charge is -2.14. The first-order valence-corrected chi connectivity index (χ1v) is 8.45. The lowest BCUT2D eigenvalue weighted by molar-refractivity contribution is 0.152. The second kappa shape index (κ2) is 9.96. The van der Waals surface area contributed by atoms with Gasteiger partial charge >= 0.3 is 0 Å². The van der Waals surface area contributed by atoms with E-state index < -0.39 is 28.6 Å². The Morgan fingerprint density at radius 3 is 2.43 bits per heavy atom. The van der Waals surface area contributed by atoms with Crippen molar-refractivity contribution in [1.29, 1.82) is 0 Å². The van der Waals surface area contributed by atoms with Gasteiger partial charge in [0.05, 0.1) is 12.3 Å². The molecule has 0 aliphatic rings. The Morgan fingerprint density at radius 2 is 1.91 bits per heavy atom. The van der Waals surface area contributed by atoms with Gasteiger partial charge in [0, 0.05) is 19.8 Å². The van der Waals surface area contributed by atoms with Crippen LogP contribution in [0.1, 0.15) is 11.1 Å². The summed E-state index contributed by atoms with van der Waals surface area (Å²) in [7, 11) is -1.87. The quantitative estimate of drug-likeness (QED) is 0.383. The van der Waals surface area contributed by atoms with Crippen LogP contribution in [-0.4, -0.2) is 40.7 Å². The van der Waals surface area contributed by atoms with Crippen molar-refractivity contribution < 1.29 is 21.6 Å². The van der Waals surface area contributed by atoms with Crippen LogP contribution >= 0.6 is 24.0 Å². The molecule has 1 rings (SSSR count). The highest BCUT2D eigenvalue weighted by atomic mass is 127. The van der Waals surface area contributed by atoms with E-state index in [2.05, 4.69) is 15.6 Å². The van der Waals surface area contributed by atoms with Crippen molar-refractivity contribution in [3.05, 3.63) is 35.1 Å². The van der Waals surface area contributed by atoms with E-state index in [0.717, 1.165) is 6.26 Å². The minimum absolute atomic E-state index is 0. The van der Waals surface area contributed by atoms with Gasteiger partial charge in [-0.3, -0.25) is 4.99 Å². The molecule has 1 aromatic rings. The topological polar surface area (TPSA) is 70.6 Å². The molecule has 0 bridgehead atoms. The van der Waals surface area contributed by atoms with E-state index >= 15 is 0 Å². The van der Waals surface area contributed by atoms with E-state index in [-0.39, 0.29) is 42.2 Å².